The van der Waals surface area contributed by atoms with Crippen molar-refractivity contribution >= 4 is 5.97 Å². The van der Waals surface area contributed by atoms with E-state index in [0.717, 1.165) is 38.6 Å². The van der Waals surface area contributed by atoms with Crippen LogP contribution in [-0.4, -0.2) is 35.6 Å². The summed E-state index contributed by atoms with van der Waals surface area (Å²) in [7, 11) is 2.10. The van der Waals surface area contributed by atoms with E-state index in [2.05, 4.69) is 39.6 Å². The highest BCUT2D eigenvalue weighted by atomic mass is 16.4. The summed E-state index contributed by atoms with van der Waals surface area (Å²) in [6.07, 6.45) is 5.23. The Labute approximate surface area is 118 Å². The lowest BCUT2D eigenvalue weighted by atomic mass is 9.67. The van der Waals surface area contributed by atoms with Crippen LogP contribution >= 0.6 is 0 Å². The molecule has 1 rings (SSSR count). The zero-order valence-corrected chi connectivity index (χ0v) is 13.3. The summed E-state index contributed by atoms with van der Waals surface area (Å²) in [5.74, 6) is -0.154. The van der Waals surface area contributed by atoms with Gasteiger partial charge in [0.15, 0.2) is 0 Å². The Morgan fingerprint density at radius 2 is 1.95 bits per heavy atom. The Hall–Kier alpha value is -0.570. The Bertz CT molecular complexity index is 296. The van der Waals surface area contributed by atoms with Crippen molar-refractivity contribution in [3.05, 3.63) is 0 Å². The van der Waals surface area contributed by atoms with E-state index in [0.29, 0.717) is 5.92 Å². The van der Waals surface area contributed by atoms with Gasteiger partial charge in [0.05, 0.1) is 5.92 Å². The Morgan fingerprint density at radius 3 is 2.42 bits per heavy atom. The van der Waals surface area contributed by atoms with Crippen molar-refractivity contribution in [3.63, 3.8) is 0 Å². The molecule has 1 aliphatic rings. The predicted molar refractivity (Wildman–Crippen MR) is 79.2 cm³/mol. The third-order valence-electron chi connectivity index (χ3n) is 4.79. The summed E-state index contributed by atoms with van der Waals surface area (Å²) in [6, 6.07) is 0.210. The van der Waals surface area contributed by atoms with Crippen LogP contribution in [0.3, 0.4) is 0 Å². The summed E-state index contributed by atoms with van der Waals surface area (Å²) < 4.78 is 0. The highest BCUT2D eigenvalue weighted by Gasteiger charge is 2.40. The number of hydrogen-bond donors (Lipinski definition) is 1. The average molecular weight is 269 g/mol. The monoisotopic (exact) mass is 269 g/mol. The Balaban J connectivity index is 2.76. The normalized spacial score (nSPS) is 28.6. The molecule has 1 fully saturated rings. The van der Waals surface area contributed by atoms with Crippen molar-refractivity contribution in [2.45, 2.75) is 65.8 Å². The van der Waals surface area contributed by atoms with E-state index in [1.165, 1.54) is 0 Å². The van der Waals surface area contributed by atoms with Gasteiger partial charge >= 0.3 is 5.97 Å². The van der Waals surface area contributed by atoms with E-state index >= 15 is 0 Å². The summed E-state index contributed by atoms with van der Waals surface area (Å²) in [4.78, 5) is 13.8. The molecule has 0 aliphatic heterocycles. The van der Waals surface area contributed by atoms with E-state index in [1.54, 1.807) is 0 Å². The molecule has 0 saturated heterocycles. The first-order chi connectivity index (χ1) is 8.77. The summed E-state index contributed by atoms with van der Waals surface area (Å²) in [5.41, 5.74) is 0.285. The molecule has 3 heteroatoms. The van der Waals surface area contributed by atoms with Gasteiger partial charge in [-0.05, 0) is 50.6 Å². The highest BCUT2D eigenvalue weighted by Crippen LogP contribution is 2.41. The van der Waals surface area contributed by atoms with Crippen molar-refractivity contribution in [2.24, 2.45) is 17.3 Å². The maximum atomic E-state index is 11.5. The molecule has 0 aromatic rings. The van der Waals surface area contributed by atoms with E-state index in [9.17, 15) is 9.90 Å². The highest BCUT2D eigenvalue weighted by molar-refractivity contribution is 5.71. The summed E-state index contributed by atoms with van der Waals surface area (Å²) >= 11 is 0. The molecule has 112 valence electrons. The molecule has 0 heterocycles. The van der Waals surface area contributed by atoms with Gasteiger partial charge in [-0.15, -0.1) is 0 Å². The molecule has 3 unspecified atom stereocenters. The van der Waals surface area contributed by atoms with Gasteiger partial charge in [0, 0.05) is 6.04 Å². The lowest BCUT2D eigenvalue weighted by Crippen LogP contribution is -2.47. The number of hydrogen-bond acceptors (Lipinski definition) is 2. The molecule has 1 aliphatic carbocycles. The number of carboxylic acids is 1. The average Bonchev–Trinajstić information content (AvgIpc) is 2.33. The molecule has 3 atom stereocenters. The fourth-order valence-corrected chi connectivity index (χ4v) is 3.28. The van der Waals surface area contributed by atoms with Crippen LogP contribution in [0.1, 0.15) is 59.8 Å². The van der Waals surface area contributed by atoms with E-state index in [1.807, 2.05) is 0 Å². The van der Waals surface area contributed by atoms with Gasteiger partial charge in [0.2, 0.25) is 0 Å². The van der Waals surface area contributed by atoms with Gasteiger partial charge < -0.3 is 10.0 Å². The van der Waals surface area contributed by atoms with E-state index in [-0.39, 0.29) is 17.4 Å². The molecule has 0 bridgehead atoms. The molecule has 0 aromatic heterocycles. The van der Waals surface area contributed by atoms with Crippen LogP contribution in [0.4, 0.5) is 0 Å². The largest absolute Gasteiger partial charge is 0.481 e. The van der Waals surface area contributed by atoms with Crippen LogP contribution in [-0.2, 0) is 4.79 Å². The van der Waals surface area contributed by atoms with Crippen LogP contribution in [0.15, 0.2) is 0 Å². The molecule has 0 aromatic carbocycles. The number of carbonyl (C=O) groups is 1. The second kappa shape index (κ2) is 6.74. The molecule has 3 nitrogen and oxygen atoms in total. The molecule has 0 amide bonds. The van der Waals surface area contributed by atoms with Gasteiger partial charge in [-0.3, -0.25) is 4.79 Å². The number of unbranched alkanes of at least 4 members (excludes halogenated alkanes) is 1. The van der Waals surface area contributed by atoms with Crippen molar-refractivity contribution in [1.82, 2.24) is 4.90 Å². The number of aliphatic carboxylic acids is 1. The molecule has 0 spiro atoms. The lowest BCUT2D eigenvalue weighted by Gasteiger charge is -2.44. The minimum absolute atomic E-state index is 0.180. The topological polar surface area (TPSA) is 40.5 Å². The first-order valence-electron chi connectivity index (χ1n) is 7.70. The number of rotatable bonds is 5. The van der Waals surface area contributed by atoms with Crippen LogP contribution in [0, 0.1) is 17.3 Å². The van der Waals surface area contributed by atoms with Crippen molar-refractivity contribution in [1.29, 1.82) is 0 Å². The van der Waals surface area contributed by atoms with Crippen molar-refractivity contribution < 1.29 is 9.90 Å². The standard InChI is InChI=1S/C16H31NO2/c1-6-7-10-17(5)14-11-12(16(2,3)4)8-9-13(14)15(18)19/h12-14H,6-11H2,1-5H3,(H,18,19). The number of carboxylic acid groups (broad SMARTS) is 1. The molecule has 1 N–H and O–H groups in total. The minimum atomic E-state index is -0.610. The van der Waals surface area contributed by atoms with Crippen molar-refractivity contribution in [3.8, 4) is 0 Å². The second-order valence-electron chi connectivity index (χ2n) is 7.22. The molecule has 19 heavy (non-hydrogen) atoms. The first-order valence-corrected chi connectivity index (χ1v) is 7.70. The smallest absolute Gasteiger partial charge is 0.308 e. The zero-order valence-electron chi connectivity index (χ0n) is 13.3. The van der Waals surface area contributed by atoms with Gasteiger partial charge in [-0.2, -0.15) is 0 Å². The third kappa shape index (κ3) is 4.48. The minimum Gasteiger partial charge on any atom is -0.481 e. The summed E-state index contributed by atoms with van der Waals surface area (Å²) in [5, 5.41) is 9.45. The third-order valence-corrected chi connectivity index (χ3v) is 4.79. The molecular weight excluding hydrogens is 238 g/mol. The van der Waals surface area contributed by atoms with Crippen LogP contribution in [0.2, 0.25) is 0 Å². The summed E-state index contributed by atoms with van der Waals surface area (Å²) in [6.45, 7) is 10.0. The molecular formula is C16H31NO2. The van der Waals surface area contributed by atoms with Crippen LogP contribution in [0.5, 0.6) is 0 Å². The Kier molecular flexibility index (Phi) is 5.84. The lowest BCUT2D eigenvalue weighted by molar-refractivity contribution is -0.146. The maximum Gasteiger partial charge on any atom is 0.308 e. The quantitative estimate of drug-likeness (QED) is 0.828. The van der Waals surface area contributed by atoms with Crippen LogP contribution < -0.4 is 0 Å². The fraction of sp³-hybridized carbons (Fsp3) is 0.938. The van der Waals surface area contributed by atoms with Gasteiger partial charge in [0.25, 0.3) is 0 Å². The molecule has 0 radical (unpaired) electrons. The van der Waals surface area contributed by atoms with E-state index < -0.39 is 5.97 Å². The molecule has 1 saturated carbocycles. The van der Waals surface area contributed by atoms with Gasteiger partial charge in [0.1, 0.15) is 0 Å². The Morgan fingerprint density at radius 1 is 1.32 bits per heavy atom. The SMILES string of the molecule is CCCCN(C)C1CC(C(C)(C)C)CCC1C(=O)O. The van der Waals surface area contributed by atoms with Gasteiger partial charge in [-0.25, -0.2) is 0 Å². The van der Waals surface area contributed by atoms with Crippen molar-refractivity contribution in [2.75, 3.05) is 13.6 Å². The van der Waals surface area contributed by atoms with Gasteiger partial charge in [-0.1, -0.05) is 34.1 Å². The first kappa shape index (κ1) is 16.5. The number of nitrogens with zero attached hydrogens (tertiary/aromatic N) is 1. The second-order valence-corrected chi connectivity index (χ2v) is 7.22. The zero-order chi connectivity index (χ0) is 14.6. The predicted octanol–water partition coefficient (Wildman–Crippen LogP) is 3.63. The maximum absolute atomic E-state index is 11.5. The fourth-order valence-electron chi connectivity index (χ4n) is 3.28. The van der Waals surface area contributed by atoms with Crippen LogP contribution in [0.25, 0.3) is 0 Å². The van der Waals surface area contributed by atoms with E-state index in [4.69, 9.17) is 0 Å².